The van der Waals surface area contributed by atoms with E-state index in [0.29, 0.717) is 6.42 Å². The number of alkyl halides is 1. The van der Waals surface area contributed by atoms with Crippen LogP contribution in [0.3, 0.4) is 0 Å². The number of nitrogens with two attached hydrogens (primary N) is 1. The van der Waals surface area contributed by atoms with Gasteiger partial charge in [-0.3, -0.25) is 0 Å². The van der Waals surface area contributed by atoms with Gasteiger partial charge in [-0.2, -0.15) is 5.10 Å². The van der Waals surface area contributed by atoms with Crippen LogP contribution in [0.4, 0.5) is 10.1 Å². The number of thiophene rings is 2. The van der Waals surface area contributed by atoms with Crippen LogP contribution in [0.25, 0.3) is 10.2 Å². The molecule has 3 rings (SSSR count). The molecule has 0 bridgehead atoms. The predicted molar refractivity (Wildman–Crippen MR) is 104 cm³/mol. The second-order valence-electron chi connectivity index (χ2n) is 5.69. The largest absolute Gasteiger partial charge is 0.378 e. The third-order valence-electron chi connectivity index (χ3n) is 3.84. The summed E-state index contributed by atoms with van der Waals surface area (Å²) in [6.07, 6.45) is 1.08. The molecule has 4 nitrogen and oxygen atoms in total. The molecule has 0 amide bonds. The molecule has 7 heteroatoms. The van der Waals surface area contributed by atoms with Crippen LogP contribution in [0.1, 0.15) is 29.2 Å². The van der Waals surface area contributed by atoms with Gasteiger partial charge in [-0.25, -0.2) is 4.39 Å². The Kier molecular flexibility index (Phi) is 5.63. The molecule has 0 fully saturated rings. The van der Waals surface area contributed by atoms with Crippen molar-refractivity contribution in [3.63, 3.8) is 0 Å². The van der Waals surface area contributed by atoms with Crippen molar-refractivity contribution >= 4 is 38.6 Å². The monoisotopic (exact) mass is 374 g/mol. The van der Waals surface area contributed by atoms with Crippen LogP contribution in [-0.4, -0.2) is 22.4 Å². The number of fused-ring (bicyclic) bond motifs is 1. The summed E-state index contributed by atoms with van der Waals surface area (Å²) in [4.78, 5) is 2.20. The summed E-state index contributed by atoms with van der Waals surface area (Å²) >= 11 is 3.26. The molecule has 0 aliphatic heterocycles. The van der Waals surface area contributed by atoms with Crippen molar-refractivity contribution in [1.82, 2.24) is 10.2 Å². The van der Waals surface area contributed by atoms with Crippen molar-refractivity contribution in [2.45, 2.75) is 39.0 Å². The minimum absolute atomic E-state index is 0.438. The lowest BCUT2D eigenvalue weighted by atomic mass is 10.1. The highest BCUT2D eigenvalue weighted by atomic mass is 32.1. The highest BCUT2D eigenvalue weighted by Gasteiger charge is 2.20. The Morgan fingerprint density at radius 1 is 1.44 bits per heavy atom. The van der Waals surface area contributed by atoms with Crippen LogP contribution in [0.15, 0.2) is 23.7 Å². The Balaban J connectivity index is 1.97. The molecular formula is C18H19FN4S2. The zero-order valence-corrected chi connectivity index (χ0v) is 15.7. The first-order valence-corrected chi connectivity index (χ1v) is 9.65. The molecule has 0 saturated carbocycles. The highest BCUT2D eigenvalue weighted by Crippen LogP contribution is 2.35. The molecule has 0 radical (unpaired) electrons. The molecule has 3 aromatic heterocycles. The van der Waals surface area contributed by atoms with Crippen LogP contribution in [-0.2, 0) is 13.0 Å². The lowest BCUT2D eigenvalue weighted by molar-refractivity contribution is 0.305. The van der Waals surface area contributed by atoms with Crippen LogP contribution >= 0.6 is 22.7 Å². The van der Waals surface area contributed by atoms with Gasteiger partial charge in [0.05, 0.1) is 22.1 Å². The Bertz CT molecular complexity index is 906. The third-order valence-corrected chi connectivity index (χ3v) is 5.95. The summed E-state index contributed by atoms with van der Waals surface area (Å²) in [5.41, 5.74) is 8.41. The van der Waals surface area contributed by atoms with Crippen molar-refractivity contribution in [1.29, 1.82) is 0 Å². The maximum absolute atomic E-state index is 13.5. The van der Waals surface area contributed by atoms with E-state index in [4.69, 9.17) is 5.73 Å². The van der Waals surface area contributed by atoms with Gasteiger partial charge in [0.1, 0.15) is 11.7 Å². The van der Waals surface area contributed by atoms with Gasteiger partial charge in [-0.05, 0) is 25.3 Å². The maximum Gasteiger partial charge on any atom is 0.122 e. The second-order valence-corrected chi connectivity index (χ2v) is 7.83. The Morgan fingerprint density at radius 2 is 2.28 bits per heavy atom. The van der Waals surface area contributed by atoms with Gasteiger partial charge in [0.15, 0.2) is 0 Å². The molecule has 0 aliphatic carbocycles. The quantitative estimate of drug-likeness (QED) is 0.641. The SMILES string of the molecule is CC#Cc1c(C[C@@H](N)[C@H](C)F)sc2c(NCc3cccs3)cnnc12. The van der Waals surface area contributed by atoms with E-state index in [-0.39, 0.29) is 0 Å². The Hall–Kier alpha value is -2.01. The molecule has 0 saturated heterocycles. The number of anilines is 1. The first-order valence-electron chi connectivity index (χ1n) is 7.96. The Labute approximate surface area is 154 Å². The number of aromatic nitrogens is 2. The summed E-state index contributed by atoms with van der Waals surface area (Å²) in [7, 11) is 0. The van der Waals surface area contributed by atoms with Crippen molar-refractivity contribution in [3.05, 3.63) is 39.0 Å². The average Bonchev–Trinajstić information content (AvgIpc) is 3.22. The van der Waals surface area contributed by atoms with Gasteiger partial charge in [0.2, 0.25) is 0 Å². The molecule has 0 spiro atoms. The van der Waals surface area contributed by atoms with Gasteiger partial charge < -0.3 is 11.1 Å². The van der Waals surface area contributed by atoms with Crippen LogP contribution in [0.2, 0.25) is 0 Å². The molecule has 0 unspecified atom stereocenters. The van der Waals surface area contributed by atoms with Crippen LogP contribution in [0.5, 0.6) is 0 Å². The second kappa shape index (κ2) is 7.91. The number of hydrogen-bond acceptors (Lipinski definition) is 6. The smallest absolute Gasteiger partial charge is 0.122 e. The third kappa shape index (κ3) is 3.98. The van der Waals surface area contributed by atoms with Crippen molar-refractivity contribution in [3.8, 4) is 11.8 Å². The van der Waals surface area contributed by atoms with Gasteiger partial charge in [-0.1, -0.05) is 12.0 Å². The molecule has 3 heterocycles. The van der Waals surface area contributed by atoms with Crippen molar-refractivity contribution < 1.29 is 4.39 Å². The number of halogens is 1. The highest BCUT2D eigenvalue weighted by molar-refractivity contribution is 7.20. The van der Waals surface area contributed by atoms with E-state index >= 15 is 0 Å². The fraction of sp³-hybridized carbons (Fsp3) is 0.333. The van der Waals surface area contributed by atoms with Crippen molar-refractivity contribution in [2.24, 2.45) is 5.73 Å². The van der Waals surface area contributed by atoms with E-state index in [2.05, 4.69) is 38.8 Å². The summed E-state index contributed by atoms with van der Waals surface area (Å²) in [5.74, 6) is 6.01. The minimum atomic E-state index is -1.07. The number of rotatable bonds is 6. The van der Waals surface area contributed by atoms with E-state index in [0.717, 1.165) is 32.9 Å². The molecule has 3 aromatic rings. The molecule has 3 N–H and O–H groups in total. The van der Waals surface area contributed by atoms with E-state index < -0.39 is 12.2 Å². The zero-order chi connectivity index (χ0) is 17.8. The van der Waals surface area contributed by atoms with Gasteiger partial charge in [-0.15, -0.1) is 33.7 Å². The zero-order valence-electron chi connectivity index (χ0n) is 14.0. The van der Waals surface area contributed by atoms with Gasteiger partial charge in [0, 0.05) is 28.8 Å². The molecule has 0 aromatic carbocycles. The normalized spacial score (nSPS) is 13.3. The minimum Gasteiger partial charge on any atom is -0.378 e. The summed E-state index contributed by atoms with van der Waals surface area (Å²) in [6, 6.07) is 3.56. The molecule has 25 heavy (non-hydrogen) atoms. The topological polar surface area (TPSA) is 63.8 Å². The fourth-order valence-electron chi connectivity index (χ4n) is 2.44. The lowest BCUT2D eigenvalue weighted by Gasteiger charge is -2.11. The van der Waals surface area contributed by atoms with E-state index in [9.17, 15) is 4.39 Å². The van der Waals surface area contributed by atoms with Crippen molar-refractivity contribution in [2.75, 3.05) is 5.32 Å². The van der Waals surface area contributed by atoms with Crippen LogP contribution in [0, 0.1) is 11.8 Å². The first-order chi connectivity index (χ1) is 12.1. The van der Waals surface area contributed by atoms with Gasteiger partial charge >= 0.3 is 0 Å². The molecule has 0 aliphatic rings. The van der Waals surface area contributed by atoms with Crippen LogP contribution < -0.4 is 11.1 Å². The number of nitrogens with zero attached hydrogens (tertiary/aromatic N) is 2. The summed E-state index contributed by atoms with van der Waals surface area (Å²) in [6.45, 7) is 3.98. The van der Waals surface area contributed by atoms with Gasteiger partial charge in [0.25, 0.3) is 0 Å². The van der Waals surface area contributed by atoms with E-state index in [1.54, 1.807) is 35.8 Å². The maximum atomic E-state index is 13.5. The fourth-order valence-corrected chi connectivity index (χ4v) is 4.34. The average molecular weight is 375 g/mol. The molecular weight excluding hydrogens is 355 g/mol. The lowest BCUT2D eigenvalue weighted by Crippen LogP contribution is -2.31. The number of nitrogens with one attached hydrogen (secondary N) is 1. The molecule has 2 atom stereocenters. The Morgan fingerprint density at radius 3 is 2.96 bits per heavy atom. The molecule has 130 valence electrons. The summed E-state index contributed by atoms with van der Waals surface area (Å²) < 4.78 is 14.5. The number of hydrogen-bond donors (Lipinski definition) is 2. The van der Waals surface area contributed by atoms with E-state index in [1.807, 2.05) is 6.07 Å². The predicted octanol–water partition coefficient (Wildman–Crippen LogP) is 3.96. The standard InChI is InChI=1S/C18H19FN4S2/c1-3-5-13-16(8-14(20)11(2)19)25-18-15(10-22-23-17(13)18)21-9-12-6-4-7-24-12/h4,6-7,10-11,14H,8-9,20H2,1-2H3,(H,21,23)/t11-,14+/m0/s1. The van der Waals surface area contributed by atoms with E-state index in [1.165, 1.54) is 11.8 Å². The summed E-state index contributed by atoms with van der Waals surface area (Å²) in [5, 5.41) is 13.8. The first kappa shape index (κ1) is 17.8.